The van der Waals surface area contributed by atoms with Crippen LogP contribution in [0.4, 0.5) is 0 Å². The zero-order valence-corrected chi connectivity index (χ0v) is 11.8. The van der Waals surface area contributed by atoms with Crippen molar-refractivity contribution in [1.82, 2.24) is 4.90 Å². The molecule has 1 aliphatic heterocycles. The second kappa shape index (κ2) is 6.21. The van der Waals surface area contributed by atoms with Gasteiger partial charge in [0.2, 0.25) is 5.91 Å². The van der Waals surface area contributed by atoms with E-state index < -0.39 is 11.9 Å². The molecular formula is C14H25NO3. The number of carbonyl (C=O) groups is 2. The molecule has 1 N–H and O–H groups in total. The summed E-state index contributed by atoms with van der Waals surface area (Å²) < 4.78 is 0. The van der Waals surface area contributed by atoms with Crippen LogP contribution in [0.3, 0.4) is 0 Å². The summed E-state index contributed by atoms with van der Waals surface area (Å²) in [7, 11) is 0. The molecule has 0 bridgehead atoms. The van der Waals surface area contributed by atoms with Crippen LogP contribution in [0.5, 0.6) is 0 Å². The molecule has 0 saturated carbocycles. The predicted molar refractivity (Wildman–Crippen MR) is 70.2 cm³/mol. The number of nitrogens with zero attached hydrogens (tertiary/aromatic N) is 1. The smallest absolute Gasteiger partial charge is 0.308 e. The third-order valence-corrected chi connectivity index (χ3v) is 4.48. The maximum atomic E-state index is 12.4. The highest BCUT2D eigenvalue weighted by atomic mass is 16.4. The fourth-order valence-electron chi connectivity index (χ4n) is 2.64. The number of carbonyl (C=O) groups excluding carboxylic acids is 1. The zero-order valence-electron chi connectivity index (χ0n) is 11.8. The van der Waals surface area contributed by atoms with Crippen molar-refractivity contribution < 1.29 is 14.7 Å². The average molecular weight is 255 g/mol. The number of piperidine rings is 1. The molecule has 1 rings (SSSR count). The molecule has 0 aromatic rings. The first-order chi connectivity index (χ1) is 8.40. The fraction of sp³-hybridized carbons (Fsp3) is 0.857. The number of carboxylic acids is 1. The van der Waals surface area contributed by atoms with E-state index in [2.05, 4.69) is 13.8 Å². The molecule has 0 aliphatic carbocycles. The van der Waals surface area contributed by atoms with Crippen molar-refractivity contribution in [2.24, 2.45) is 17.8 Å². The van der Waals surface area contributed by atoms with Crippen molar-refractivity contribution in [2.75, 3.05) is 6.54 Å². The largest absolute Gasteiger partial charge is 0.481 e. The zero-order chi connectivity index (χ0) is 13.9. The van der Waals surface area contributed by atoms with Gasteiger partial charge in [0.25, 0.3) is 0 Å². The predicted octanol–water partition coefficient (Wildman–Crippen LogP) is 2.38. The number of hydrogen-bond acceptors (Lipinski definition) is 2. The van der Waals surface area contributed by atoms with Crippen LogP contribution in [0.2, 0.25) is 0 Å². The quantitative estimate of drug-likeness (QED) is 0.839. The summed E-state index contributed by atoms with van der Waals surface area (Å²) in [5.41, 5.74) is 0. The van der Waals surface area contributed by atoms with E-state index in [0.717, 1.165) is 12.8 Å². The van der Waals surface area contributed by atoms with Crippen molar-refractivity contribution in [3.05, 3.63) is 0 Å². The van der Waals surface area contributed by atoms with Crippen molar-refractivity contribution in [3.8, 4) is 0 Å². The number of rotatable bonds is 4. The van der Waals surface area contributed by atoms with Crippen LogP contribution in [0, 0.1) is 17.8 Å². The van der Waals surface area contributed by atoms with Crippen LogP contribution in [-0.2, 0) is 9.59 Å². The molecule has 0 spiro atoms. The Morgan fingerprint density at radius 2 is 2.00 bits per heavy atom. The Hall–Kier alpha value is -1.06. The number of likely N-dealkylation sites (tertiary alicyclic amines) is 1. The van der Waals surface area contributed by atoms with Gasteiger partial charge in [0, 0.05) is 18.5 Å². The highest BCUT2D eigenvalue weighted by molar-refractivity contribution is 5.80. The first-order valence-electron chi connectivity index (χ1n) is 6.93. The van der Waals surface area contributed by atoms with Crippen LogP contribution >= 0.6 is 0 Å². The molecule has 1 saturated heterocycles. The van der Waals surface area contributed by atoms with E-state index in [1.807, 2.05) is 13.8 Å². The number of aliphatic carboxylic acids is 1. The topological polar surface area (TPSA) is 57.6 Å². The molecule has 0 radical (unpaired) electrons. The average Bonchev–Trinajstić information content (AvgIpc) is 2.36. The maximum absolute atomic E-state index is 12.4. The highest BCUT2D eigenvalue weighted by Gasteiger charge is 2.37. The van der Waals surface area contributed by atoms with Crippen LogP contribution < -0.4 is 0 Å². The molecule has 2 unspecified atom stereocenters. The van der Waals surface area contributed by atoms with Crippen molar-refractivity contribution >= 4 is 11.9 Å². The molecule has 0 aromatic carbocycles. The molecule has 1 amide bonds. The van der Waals surface area contributed by atoms with Crippen LogP contribution in [0.15, 0.2) is 0 Å². The van der Waals surface area contributed by atoms with Crippen molar-refractivity contribution in [3.63, 3.8) is 0 Å². The van der Waals surface area contributed by atoms with Gasteiger partial charge in [-0.25, -0.2) is 0 Å². The molecule has 4 heteroatoms. The lowest BCUT2D eigenvalue weighted by Crippen LogP contribution is -2.51. The van der Waals surface area contributed by atoms with Gasteiger partial charge in [-0.2, -0.15) is 0 Å². The van der Waals surface area contributed by atoms with Gasteiger partial charge in [-0.3, -0.25) is 9.59 Å². The first kappa shape index (κ1) is 15.0. The lowest BCUT2D eigenvalue weighted by Gasteiger charge is -2.39. The number of hydrogen-bond donors (Lipinski definition) is 1. The Bertz CT molecular complexity index is 316. The molecular weight excluding hydrogens is 230 g/mol. The number of amides is 1. The van der Waals surface area contributed by atoms with Gasteiger partial charge in [-0.05, 0) is 25.7 Å². The van der Waals surface area contributed by atoms with Gasteiger partial charge < -0.3 is 10.0 Å². The lowest BCUT2D eigenvalue weighted by molar-refractivity contribution is -0.151. The lowest BCUT2D eigenvalue weighted by atomic mass is 9.87. The molecule has 4 nitrogen and oxygen atoms in total. The summed E-state index contributed by atoms with van der Waals surface area (Å²) in [5.74, 6) is -0.759. The Kier molecular flexibility index (Phi) is 5.17. The second-order valence-electron chi connectivity index (χ2n) is 5.53. The summed E-state index contributed by atoms with van der Waals surface area (Å²) in [5, 5.41) is 9.16. The molecule has 1 aliphatic rings. The molecule has 104 valence electrons. The standard InChI is InChI=1S/C14H25NO3/c1-5-9(2)10(3)13(16)15-8-6-7-12(11(15)4)14(17)18/h9-12H,5-8H2,1-4H3,(H,17,18)/t9?,10?,11-,12-/m0/s1. The minimum absolute atomic E-state index is 0.0232. The van der Waals surface area contributed by atoms with E-state index in [9.17, 15) is 9.59 Å². The summed E-state index contributed by atoms with van der Waals surface area (Å²) in [6, 6.07) is -0.185. The van der Waals surface area contributed by atoms with Gasteiger partial charge >= 0.3 is 5.97 Å². The monoisotopic (exact) mass is 255 g/mol. The Balaban J connectivity index is 2.76. The molecule has 18 heavy (non-hydrogen) atoms. The third kappa shape index (κ3) is 3.03. The molecule has 1 heterocycles. The van der Waals surface area contributed by atoms with Gasteiger partial charge in [0.1, 0.15) is 0 Å². The third-order valence-electron chi connectivity index (χ3n) is 4.48. The normalized spacial score (nSPS) is 27.7. The van der Waals surface area contributed by atoms with E-state index in [4.69, 9.17) is 5.11 Å². The minimum Gasteiger partial charge on any atom is -0.481 e. The van der Waals surface area contributed by atoms with Crippen LogP contribution in [-0.4, -0.2) is 34.5 Å². The van der Waals surface area contributed by atoms with Gasteiger partial charge in [-0.15, -0.1) is 0 Å². The SMILES string of the molecule is CCC(C)C(C)C(=O)N1CCC[C@H](C(=O)O)[C@@H]1C. The Morgan fingerprint density at radius 3 is 2.50 bits per heavy atom. The minimum atomic E-state index is -0.781. The van der Waals surface area contributed by atoms with Crippen molar-refractivity contribution in [2.45, 2.75) is 53.0 Å². The summed E-state index contributed by atoms with van der Waals surface area (Å²) >= 11 is 0. The van der Waals surface area contributed by atoms with Crippen LogP contribution in [0.25, 0.3) is 0 Å². The van der Waals surface area contributed by atoms with E-state index in [1.54, 1.807) is 4.90 Å². The summed E-state index contributed by atoms with van der Waals surface area (Å²) in [6.07, 6.45) is 2.44. The Labute approximate surface area is 109 Å². The molecule has 1 fully saturated rings. The number of carboxylic acid groups (broad SMARTS) is 1. The van der Waals surface area contributed by atoms with E-state index >= 15 is 0 Å². The first-order valence-corrected chi connectivity index (χ1v) is 6.93. The van der Waals surface area contributed by atoms with Gasteiger partial charge in [0.05, 0.1) is 5.92 Å². The van der Waals surface area contributed by atoms with Crippen molar-refractivity contribution in [1.29, 1.82) is 0 Å². The summed E-state index contributed by atoms with van der Waals surface area (Å²) in [6.45, 7) is 8.66. The highest BCUT2D eigenvalue weighted by Crippen LogP contribution is 2.27. The Morgan fingerprint density at radius 1 is 1.39 bits per heavy atom. The van der Waals surface area contributed by atoms with Gasteiger partial charge in [0.15, 0.2) is 0 Å². The maximum Gasteiger partial charge on any atom is 0.308 e. The van der Waals surface area contributed by atoms with Crippen LogP contribution in [0.1, 0.15) is 47.0 Å². The molecule has 0 aromatic heterocycles. The molecule has 4 atom stereocenters. The second-order valence-corrected chi connectivity index (χ2v) is 5.53. The van der Waals surface area contributed by atoms with E-state index in [0.29, 0.717) is 18.9 Å². The summed E-state index contributed by atoms with van der Waals surface area (Å²) in [4.78, 5) is 25.3. The van der Waals surface area contributed by atoms with E-state index in [1.165, 1.54) is 0 Å². The fourth-order valence-corrected chi connectivity index (χ4v) is 2.64. The van der Waals surface area contributed by atoms with E-state index in [-0.39, 0.29) is 17.9 Å². The van der Waals surface area contributed by atoms with Gasteiger partial charge in [-0.1, -0.05) is 27.2 Å².